The highest BCUT2D eigenvalue weighted by Crippen LogP contribution is 2.24. The number of carbonyl (C=O) groups excluding carboxylic acids is 3. The van der Waals surface area contributed by atoms with Gasteiger partial charge in [-0.3, -0.25) is 24.3 Å². The summed E-state index contributed by atoms with van der Waals surface area (Å²) in [4.78, 5) is 46.7. The molecule has 1 N–H and O–H groups in total. The minimum absolute atomic E-state index is 0.0354. The Hall–Kier alpha value is -4.49. The van der Waals surface area contributed by atoms with Crippen LogP contribution in [0.2, 0.25) is 0 Å². The number of hydrogen-bond acceptors (Lipinski definition) is 6. The van der Waals surface area contributed by atoms with Gasteiger partial charge in [-0.15, -0.1) is 0 Å². The lowest BCUT2D eigenvalue weighted by atomic mass is 9.88. The Morgan fingerprint density at radius 1 is 0.881 bits per heavy atom. The SMILES string of the molecule is N#Cc1ccc(CN2CCC(NC(=O)c3ccc(C(=O)N4CCC(C(=O)c5ccc(F)c(F)c5)CC4)cn3)CC2)cc1. The molecule has 2 aliphatic rings. The van der Waals surface area contributed by atoms with Gasteiger partial charge in [0.1, 0.15) is 5.69 Å². The normalized spacial score (nSPS) is 16.5. The van der Waals surface area contributed by atoms with Crippen molar-refractivity contribution in [1.29, 1.82) is 5.26 Å². The van der Waals surface area contributed by atoms with Crippen LogP contribution in [0.1, 0.15) is 68.0 Å². The number of pyridine rings is 1. The molecule has 0 unspecified atom stereocenters. The van der Waals surface area contributed by atoms with Gasteiger partial charge in [0, 0.05) is 56.4 Å². The van der Waals surface area contributed by atoms with Crippen molar-refractivity contribution in [3.63, 3.8) is 0 Å². The fraction of sp³-hybridized carbons (Fsp3) is 0.344. The number of hydrogen-bond donors (Lipinski definition) is 1. The molecule has 0 aliphatic carbocycles. The van der Waals surface area contributed by atoms with Crippen molar-refractivity contribution in [2.45, 2.75) is 38.3 Å². The smallest absolute Gasteiger partial charge is 0.270 e. The van der Waals surface area contributed by atoms with Gasteiger partial charge < -0.3 is 10.2 Å². The molecule has 42 heavy (non-hydrogen) atoms. The van der Waals surface area contributed by atoms with Crippen LogP contribution in [0.4, 0.5) is 8.78 Å². The lowest BCUT2D eigenvalue weighted by Crippen LogP contribution is -2.44. The summed E-state index contributed by atoms with van der Waals surface area (Å²) in [5.74, 6) is -3.19. The topological polar surface area (TPSA) is 106 Å². The predicted octanol–water partition coefficient (Wildman–Crippen LogP) is 4.36. The zero-order valence-corrected chi connectivity index (χ0v) is 23.1. The number of benzene rings is 2. The van der Waals surface area contributed by atoms with Crippen molar-refractivity contribution in [3.05, 3.63) is 100 Å². The van der Waals surface area contributed by atoms with Crippen LogP contribution < -0.4 is 5.32 Å². The van der Waals surface area contributed by atoms with Crippen LogP contribution in [-0.2, 0) is 6.54 Å². The number of Topliss-reactive ketones (excluding diaryl/α,β-unsaturated/α-hetero) is 1. The van der Waals surface area contributed by atoms with Crippen molar-refractivity contribution in [2.75, 3.05) is 26.2 Å². The first-order valence-corrected chi connectivity index (χ1v) is 14.1. The van der Waals surface area contributed by atoms with Crippen molar-refractivity contribution in [2.24, 2.45) is 5.92 Å². The standard InChI is InChI=1S/C32H31F2N5O3/c33-27-7-5-24(17-28(27)34)30(40)23-9-15-39(16-10-23)32(42)25-6-8-29(36-19-25)31(41)37-26-11-13-38(14-12-26)20-22-3-1-21(18-35)2-4-22/h1-8,17,19,23,26H,9-16,20H2,(H,37,41). The number of ketones is 1. The van der Waals surface area contributed by atoms with E-state index in [9.17, 15) is 23.2 Å². The summed E-state index contributed by atoms with van der Waals surface area (Å²) in [6.45, 7) is 3.19. The quantitative estimate of drug-likeness (QED) is 0.423. The molecule has 0 atom stereocenters. The van der Waals surface area contributed by atoms with E-state index >= 15 is 0 Å². The number of aromatic nitrogens is 1. The molecule has 1 aromatic heterocycles. The predicted molar refractivity (Wildman–Crippen MR) is 150 cm³/mol. The zero-order chi connectivity index (χ0) is 29.6. The average molecular weight is 572 g/mol. The van der Waals surface area contributed by atoms with Crippen molar-refractivity contribution >= 4 is 17.6 Å². The van der Waals surface area contributed by atoms with Crippen LogP contribution >= 0.6 is 0 Å². The van der Waals surface area contributed by atoms with E-state index in [0.29, 0.717) is 37.1 Å². The first-order chi connectivity index (χ1) is 20.3. The second kappa shape index (κ2) is 13.0. The molecule has 2 aromatic carbocycles. The monoisotopic (exact) mass is 571 g/mol. The highest BCUT2D eigenvalue weighted by atomic mass is 19.2. The van der Waals surface area contributed by atoms with Gasteiger partial charge in [0.2, 0.25) is 0 Å². The van der Waals surface area contributed by atoms with E-state index < -0.39 is 11.6 Å². The third-order valence-electron chi connectivity index (χ3n) is 8.01. The number of nitriles is 1. The Labute approximate surface area is 243 Å². The van der Waals surface area contributed by atoms with Gasteiger partial charge in [-0.1, -0.05) is 12.1 Å². The molecule has 0 radical (unpaired) electrons. The molecular formula is C32H31F2N5O3. The first kappa shape index (κ1) is 29.0. The number of nitrogens with one attached hydrogen (secondary N) is 1. The van der Waals surface area contributed by atoms with Gasteiger partial charge in [0.15, 0.2) is 17.4 Å². The van der Waals surface area contributed by atoms with Gasteiger partial charge in [-0.05, 0) is 73.7 Å². The number of rotatable bonds is 7. The lowest BCUT2D eigenvalue weighted by Gasteiger charge is -2.32. The molecule has 2 saturated heterocycles. The second-order valence-corrected chi connectivity index (χ2v) is 10.8. The van der Waals surface area contributed by atoms with Crippen LogP contribution in [-0.4, -0.2) is 64.6 Å². The van der Waals surface area contributed by atoms with E-state index in [4.69, 9.17) is 5.26 Å². The van der Waals surface area contributed by atoms with Crippen molar-refractivity contribution < 1.29 is 23.2 Å². The highest BCUT2D eigenvalue weighted by molar-refractivity contribution is 5.99. The largest absolute Gasteiger partial charge is 0.348 e. The lowest BCUT2D eigenvalue weighted by molar-refractivity contribution is 0.0649. The van der Waals surface area contributed by atoms with Crippen molar-refractivity contribution in [3.8, 4) is 6.07 Å². The van der Waals surface area contributed by atoms with Gasteiger partial charge in [0.25, 0.3) is 11.8 Å². The highest BCUT2D eigenvalue weighted by Gasteiger charge is 2.29. The summed E-state index contributed by atoms with van der Waals surface area (Å²) in [5.41, 5.74) is 2.51. The van der Waals surface area contributed by atoms with E-state index in [0.717, 1.165) is 50.2 Å². The number of halogens is 2. The fourth-order valence-corrected chi connectivity index (χ4v) is 5.50. The molecule has 2 amide bonds. The molecule has 0 spiro atoms. The van der Waals surface area contributed by atoms with Gasteiger partial charge in [0.05, 0.1) is 17.2 Å². The Balaban J connectivity index is 1.07. The number of carbonyl (C=O) groups is 3. The number of likely N-dealkylation sites (tertiary alicyclic amines) is 2. The minimum atomic E-state index is -1.06. The Bertz CT molecular complexity index is 1490. The fourth-order valence-electron chi connectivity index (χ4n) is 5.50. The molecule has 5 rings (SSSR count). The second-order valence-electron chi connectivity index (χ2n) is 10.8. The molecule has 0 saturated carbocycles. The maximum Gasteiger partial charge on any atom is 0.270 e. The Morgan fingerprint density at radius 3 is 2.19 bits per heavy atom. The number of nitrogens with zero attached hydrogens (tertiary/aromatic N) is 4. The minimum Gasteiger partial charge on any atom is -0.348 e. The van der Waals surface area contributed by atoms with Crippen molar-refractivity contribution in [1.82, 2.24) is 20.1 Å². The summed E-state index contributed by atoms with van der Waals surface area (Å²) < 4.78 is 26.7. The molecule has 8 nitrogen and oxygen atoms in total. The molecule has 216 valence electrons. The summed E-state index contributed by atoms with van der Waals surface area (Å²) >= 11 is 0. The zero-order valence-electron chi connectivity index (χ0n) is 23.1. The average Bonchev–Trinajstić information content (AvgIpc) is 3.03. The third-order valence-corrected chi connectivity index (χ3v) is 8.01. The molecular weight excluding hydrogens is 540 g/mol. The maximum atomic E-state index is 13.5. The van der Waals surface area contributed by atoms with Crippen LogP contribution in [0.15, 0.2) is 60.8 Å². The van der Waals surface area contributed by atoms with Crippen LogP contribution in [0.5, 0.6) is 0 Å². The summed E-state index contributed by atoms with van der Waals surface area (Å²) in [6.07, 6.45) is 3.86. The Morgan fingerprint density at radius 2 is 1.57 bits per heavy atom. The molecule has 3 aromatic rings. The number of piperidine rings is 2. The summed E-state index contributed by atoms with van der Waals surface area (Å²) in [7, 11) is 0. The van der Waals surface area contributed by atoms with Gasteiger partial charge >= 0.3 is 0 Å². The molecule has 0 bridgehead atoms. The van der Waals surface area contributed by atoms with Crippen LogP contribution in [0.25, 0.3) is 0 Å². The molecule has 3 heterocycles. The Kier molecular flexibility index (Phi) is 8.98. The van der Waals surface area contributed by atoms with Gasteiger partial charge in [-0.25, -0.2) is 8.78 Å². The van der Waals surface area contributed by atoms with E-state index in [1.165, 1.54) is 12.3 Å². The molecule has 10 heteroatoms. The van der Waals surface area contributed by atoms with E-state index in [-0.39, 0.29) is 40.8 Å². The summed E-state index contributed by atoms with van der Waals surface area (Å²) in [6, 6.07) is 16.0. The van der Waals surface area contributed by atoms with Gasteiger partial charge in [-0.2, -0.15) is 5.26 Å². The molecule has 2 fully saturated rings. The van der Waals surface area contributed by atoms with E-state index in [2.05, 4.69) is 21.3 Å². The number of amides is 2. The van der Waals surface area contributed by atoms with E-state index in [1.54, 1.807) is 17.0 Å². The third kappa shape index (κ3) is 6.86. The van der Waals surface area contributed by atoms with E-state index in [1.807, 2.05) is 24.3 Å². The maximum absolute atomic E-state index is 13.5. The first-order valence-electron chi connectivity index (χ1n) is 14.1. The summed E-state index contributed by atoms with van der Waals surface area (Å²) in [5, 5.41) is 12.0. The molecule has 2 aliphatic heterocycles. The van der Waals surface area contributed by atoms with Crippen LogP contribution in [0, 0.1) is 28.9 Å². The van der Waals surface area contributed by atoms with Crippen LogP contribution in [0.3, 0.4) is 0 Å².